The first kappa shape index (κ1) is 9.06. The van der Waals surface area contributed by atoms with Gasteiger partial charge in [-0.15, -0.1) is 6.58 Å². The Morgan fingerprint density at radius 2 is 2.50 bits per heavy atom. The van der Waals surface area contributed by atoms with Crippen LogP contribution in [0.3, 0.4) is 0 Å². The van der Waals surface area contributed by atoms with E-state index in [0.29, 0.717) is 5.06 Å². The van der Waals surface area contributed by atoms with Gasteiger partial charge in [0.25, 0.3) is 0 Å². The van der Waals surface area contributed by atoms with Crippen LogP contribution >= 0.6 is 0 Å². The van der Waals surface area contributed by atoms with Crippen LogP contribution in [-0.2, 0) is 4.74 Å². The Hall–Kier alpha value is -1.03. The molecule has 4 heteroatoms. The van der Waals surface area contributed by atoms with E-state index in [1.807, 2.05) is 6.92 Å². The van der Waals surface area contributed by atoms with Crippen molar-refractivity contribution >= 4 is 6.09 Å². The lowest BCUT2D eigenvalue weighted by atomic mass is 10.1. The minimum Gasteiger partial charge on any atom is -0.442 e. The maximum Gasteiger partial charge on any atom is 0.434 e. The van der Waals surface area contributed by atoms with Gasteiger partial charge in [-0.3, -0.25) is 5.21 Å². The highest BCUT2D eigenvalue weighted by atomic mass is 16.7. The summed E-state index contributed by atoms with van der Waals surface area (Å²) in [5, 5.41) is 9.73. The van der Waals surface area contributed by atoms with Gasteiger partial charge in [-0.05, 0) is 6.42 Å². The molecule has 1 saturated heterocycles. The molecule has 0 aromatic carbocycles. The highest BCUT2D eigenvalue weighted by Gasteiger charge is 2.38. The molecule has 0 bridgehead atoms. The SMILES string of the molecule is C=C[C@H]1[C@@H](CCC)OC(=O)N1O. The predicted octanol–water partition coefficient (Wildman–Crippen LogP) is 1.55. The van der Waals surface area contributed by atoms with Gasteiger partial charge in [0.2, 0.25) is 0 Å². The number of hydrogen-bond donors (Lipinski definition) is 1. The molecule has 0 unspecified atom stereocenters. The molecule has 1 N–H and O–H groups in total. The van der Waals surface area contributed by atoms with Crippen molar-refractivity contribution in [2.75, 3.05) is 0 Å². The average Bonchev–Trinajstić information content (AvgIpc) is 2.29. The van der Waals surface area contributed by atoms with Crippen LogP contribution in [0, 0.1) is 0 Å². The number of hydroxylamine groups is 2. The lowest BCUT2D eigenvalue weighted by molar-refractivity contribution is -0.0505. The molecule has 0 aromatic rings. The monoisotopic (exact) mass is 171 g/mol. The van der Waals surface area contributed by atoms with Crippen LogP contribution in [-0.4, -0.2) is 28.5 Å². The van der Waals surface area contributed by atoms with E-state index >= 15 is 0 Å². The number of carbonyl (C=O) groups excluding carboxylic acids is 1. The van der Waals surface area contributed by atoms with Gasteiger partial charge in [-0.2, -0.15) is 5.06 Å². The normalized spacial score (nSPS) is 28.8. The third-order valence-corrected chi connectivity index (χ3v) is 1.92. The summed E-state index contributed by atoms with van der Waals surface area (Å²) in [7, 11) is 0. The molecule has 1 fully saturated rings. The summed E-state index contributed by atoms with van der Waals surface area (Å²) >= 11 is 0. The van der Waals surface area contributed by atoms with Gasteiger partial charge in [0, 0.05) is 0 Å². The number of nitrogens with zero attached hydrogens (tertiary/aromatic N) is 1. The van der Waals surface area contributed by atoms with Gasteiger partial charge in [0.1, 0.15) is 12.1 Å². The van der Waals surface area contributed by atoms with Gasteiger partial charge in [-0.1, -0.05) is 19.4 Å². The Balaban J connectivity index is 2.64. The van der Waals surface area contributed by atoms with Gasteiger partial charge in [0.15, 0.2) is 0 Å². The first-order valence-corrected chi connectivity index (χ1v) is 4.02. The Labute approximate surface area is 71.4 Å². The molecular formula is C8H13NO3. The topological polar surface area (TPSA) is 49.8 Å². The largest absolute Gasteiger partial charge is 0.442 e. The molecule has 0 aromatic heterocycles. The van der Waals surface area contributed by atoms with Crippen molar-refractivity contribution in [3.05, 3.63) is 12.7 Å². The van der Waals surface area contributed by atoms with Crippen molar-refractivity contribution in [1.29, 1.82) is 0 Å². The Kier molecular flexibility index (Phi) is 2.70. The molecule has 0 aliphatic carbocycles. The van der Waals surface area contributed by atoms with Crippen LogP contribution in [0.25, 0.3) is 0 Å². The zero-order chi connectivity index (χ0) is 9.14. The summed E-state index contributed by atoms with van der Waals surface area (Å²) in [6.07, 6.45) is 2.25. The van der Waals surface area contributed by atoms with Gasteiger partial charge in [0.05, 0.1) is 0 Å². The number of carbonyl (C=O) groups is 1. The maximum atomic E-state index is 10.8. The second-order valence-corrected chi connectivity index (χ2v) is 2.78. The zero-order valence-corrected chi connectivity index (χ0v) is 7.06. The zero-order valence-electron chi connectivity index (χ0n) is 7.06. The van der Waals surface area contributed by atoms with E-state index in [0.717, 1.165) is 12.8 Å². The quantitative estimate of drug-likeness (QED) is 0.517. The Morgan fingerprint density at radius 3 is 3.00 bits per heavy atom. The molecule has 1 heterocycles. The van der Waals surface area contributed by atoms with Crippen LogP contribution in [0.1, 0.15) is 19.8 Å². The van der Waals surface area contributed by atoms with Crippen LogP contribution in [0.2, 0.25) is 0 Å². The van der Waals surface area contributed by atoms with E-state index in [4.69, 9.17) is 9.94 Å². The maximum absolute atomic E-state index is 10.8. The van der Waals surface area contributed by atoms with Gasteiger partial charge >= 0.3 is 6.09 Å². The number of ether oxygens (including phenoxy) is 1. The van der Waals surface area contributed by atoms with E-state index in [1.165, 1.54) is 6.08 Å². The summed E-state index contributed by atoms with van der Waals surface area (Å²) in [4.78, 5) is 10.8. The summed E-state index contributed by atoms with van der Waals surface area (Å²) in [5.74, 6) is 0. The van der Waals surface area contributed by atoms with Crippen molar-refractivity contribution in [1.82, 2.24) is 5.06 Å². The lowest BCUT2D eigenvalue weighted by Gasteiger charge is -2.14. The number of rotatable bonds is 3. The molecule has 2 atom stereocenters. The van der Waals surface area contributed by atoms with E-state index in [9.17, 15) is 4.79 Å². The molecule has 1 amide bonds. The fourth-order valence-corrected chi connectivity index (χ4v) is 1.30. The van der Waals surface area contributed by atoms with Crippen molar-refractivity contribution in [2.24, 2.45) is 0 Å². The molecule has 1 aliphatic rings. The van der Waals surface area contributed by atoms with Gasteiger partial charge < -0.3 is 4.74 Å². The average molecular weight is 171 g/mol. The van der Waals surface area contributed by atoms with Crippen molar-refractivity contribution in [2.45, 2.75) is 31.9 Å². The molecule has 1 rings (SSSR count). The second-order valence-electron chi connectivity index (χ2n) is 2.78. The predicted molar refractivity (Wildman–Crippen MR) is 42.8 cm³/mol. The summed E-state index contributed by atoms with van der Waals surface area (Å²) < 4.78 is 4.88. The summed E-state index contributed by atoms with van der Waals surface area (Å²) in [5.41, 5.74) is 0. The standard InChI is InChI=1S/C8H13NO3/c1-3-5-7-6(4-2)9(11)8(10)12-7/h4,6-7,11H,2-3,5H2,1H3/t6-,7+/m0/s1. The molecule has 0 radical (unpaired) electrons. The first-order chi connectivity index (χ1) is 5.70. The molecule has 68 valence electrons. The van der Waals surface area contributed by atoms with E-state index in [1.54, 1.807) is 0 Å². The fraction of sp³-hybridized carbons (Fsp3) is 0.625. The van der Waals surface area contributed by atoms with Gasteiger partial charge in [-0.25, -0.2) is 4.79 Å². The van der Waals surface area contributed by atoms with E-state index in [2.05, 4.69) is 6.58 Å². The highest BCUT2D eigenvalue weighted by molar-refractivity contribution is 5.69. The smallest absolute Gasteiger partial charge is 0.434 e. The molecular weight excluding hydrogens is 158 g/mol. The molecule has 4 nitrogen and oxygen atoms in total. The lowest BCUT2D eigenvalue weighted by Crippen LogP contribution is -2.31. The van der Waals surface area contributed by atoms with Crippen molar-refractivity contribution in [3.8, 4) is 0 Å². The number of amides is 1. The Morgan fingerprint density at radius 1 is 1.83 bits per heavy atom. The van der Waals surface area contributed by atoms with E-state index < -0.39 is 12.1 Å². The number of hydrogen-bond acceptors (Lipinski definition) is 3. The summed E-state index contributed by atoms with van der Waals surface area (Å²) in [6, 6.07) is -0.391. The van der Waals surface area contributed by atoms with Crippen molar-refractivity contribution in [3.63, 3.8) is 0 Å². The minimum atomic E-state index is -0.682. The van der Waals surface area contributed by atoms with Crippen LogP contribution < -0.4 is 0 Å². The molecule has 12 heavy (non-hydrogen) atoms. The molecule has 0 spiro atoms. The van der Waals surface area contributed by atoms with E-state index in [-0.39, 0.29) is 6.10 Å². The third-order valence-electron chi connectivity index (χ3n) is 1.92. The first-order valence-electron chi connectivity index (χ1n) is 4.02. The Bertz CT molecular complexity index is 193. The number of cyclic esters (lactones) is 1. The molecule has 1 aliphatic heterocycles. The van der Waals surface area contributed by atoms with Crippen molar-refractivity contribution < 1.29 is 14.7 Å². The third kappa shape index (κ3) is 1.43. The second kappa shape index (κ2) is 3.58. The van der Waals surface area contributed by atoms with Crippen LogP contribution in [0.4, 0.5) is 4.79 Å². The minimum absolute atomic E-state index is 0.245. The summed E-state index contributed by atoms with van der Waals surface area (Å²) in [6.45, 7) is 5.52. The van der Waals surface area contributed by atoms with Crippen LogP contribution in [0.15, 0.2) is 12.7 Å². The molecule has 0 saturated carbocycles. The highest BCUT2D eigenvalue weighted by Crippen LogP contribution is 2.21. The van der Waals surface area contributed by atoms with Crippen LogP contribution in [0.5, 0.6) is 0 Å². The fourth-order valence-electron chi connectivity index (χ4n) is 1.30.